The first kappa shape index (κ1) is 21.3. The molecule has 168 valence electrons. The molecule has 0 spiro atoms. The van der Waals surface area contributed by atoms with E-state index >= 15 is 0 Å². The number of carbonyl (C=O) groups is 1. The first-order valence-corrected chi connectivity index (χ1v) is 11.6. The van der Waals surface area contributed by atoms with Crippen molar-refractivity contribution in [2.75, 3.05) is 19.6 Å². The van der Waals surface area contributed by atoms with Crippen LogP contribution in [-0.4, -0.2) is 51.9 Å². The zero-order valence-corrected chi connectivity index (χ0v) is 18.3. The molecule has 3 N–H and O–H groups in total. The molecule has 3 heterocycles. The van der Waals surface area contributed by atoms with Crippen LogP contribution in [0.5, 0.6) is 0 Å². The SMILES string of the molecule is C=C[C@](O)(c1ccccc1)N(O)C(=O)c1cccc2c1[C@H]1C[C@@H]3NCCC[C@@H]3CN1CC2. The third-order valence-electron chi connectivity index (χ3n) is 7.54. The van der Waals surface area contributed by atoms with E-state index in [9.17, 15) is 15.1 Å². The van der Waals surface area contributed by atoms with E-state index in [0.717, 1.165) is 43.6 Å². The van der Waals surface area contributed by atoms with Crippen LogP contribution in [0, 0.1) is 5.92 Å². The van der Waals surface area contributed by atoms with Crippen LogP contribution >= 0.6 is 0 Å². The molecule has 0 radical (unpaired) electrons. The Morgan fingerprint density at radius 1 is 1.22 bits per heavy atom. The summed E-state index contributed by atoms with van der Waals surface area (Å²) in [6.07, 6.45) is 5.51. The highest BCUT2D eigenvalue weighted by atomic mass is 16.6. The second-order valence-electron chi connectivity index (χ2n) is 9.25. The largest absolute Gasteiger partial charge is 0.362 e. The van der Waals surface area contributed by atoms with Gasteiger partial charge in [0.15, 0.2) is 0 Å². The van der Waals surface area contributed by atoms with Crippen LogP contribution < -0.4 is 5.32 Å². The molecule has 2 aromatic rings. The van der Waals surface area contributed by atoms with Crippen LogP contribution in [0.25, 0.3) is 0 Å². The van der Waals surface area contributed by atoms with E-state index in [1.807, 2.05) is 12.1 Å². The van der Waals surface area contributed by atoms with Crippen molar-refractivity contribution >= 4 is 5.91 Å². The lowest BCUT2D eigenvalue weighted by Crippen LogP contribution is -2.55. The molecule has 0 aromatic heterocycles. The van der Waals surface area contributed by atoms with Crippen molar-refractivity contribution in [1.29, 1.82) is 0 Å². The summed E-state index contributed by atoms with van der Waals surface area (Å²) in [7, 11) is 0. The van der Waals surface area contributed by atoms with Crippen LogP contribution in [0.4, 0.5) is 0 Å². The van der Waals surface area contributed by atoms with Crippen LogP contribution in [0.1, 0.15) is 52.4 Å². The number of nitrogens with zero attached hydrogens (tertiary/aromatic N) is 2. The minimum absolute atomic E-state index is 0.132. The quantitative estimate of drug-likeness (QED) is 0.299. The smallest absolute Gasteiger partial charge is 0.280 e. The fourth-order valence-electron chi connectivity index (χ4n) is 5.83. The van der Waals surface area contributed by atoms with Crippen LogP contribution in [-0.2, 0) is 12.1 Å². The van der Waals surface area contributed by atoms with Gasteiger partial charge in [0.05, 0.1) is 0 Å². The third kappa shape index (κ3) is 3.48. The number of benzene rings is 2. The molecule has 6 nitrogen and oxygen atoms in total. The third-order valence-corrected chi connectivity index (χ3v) is 7.54. The Morgan fingerprint density at radius 2 is 2.03 bits per heavy atom. The molecule has 6 heteroatoms. The van der Waals surface area contributed by atoms with Crippen LogP contribution in [0.3, 0.4) is 0 Å². The lowest BCUT2D eigenvalue weighted by atomic mass is 9.76. The lowest BCUT2D eigenvalue weighted by Gasteiger charge is -2.49. The molecule has 5 rings (SSSR count). The van der Waals surface area contributed by atoms with E-state index < -0.39 is 11.6 Å². The van der Waals surface area contributed by atoms with E-state index in [0.29, 0.717) is 28.1 Å². The highest BCUT2D eigenvalue weighted by Crippen LogP contribution is 2.42. The molecule has 0 unspecified atom stereocenters. The average Bonchev–Trinajstić information content (AvgIpc) is 2.86. The van der Waals surface area contributed by atoms with E-state index in [1.54, 1.807) is 30.3 Å². The minimum Gasteiger partial charge on any atom is -0.362 e. The summed E-state index contributed by atoms with van der Waals surface area (Å²) in [6, 6.07) is 15.0. The van der Waals surface area contributed by atoms with Gasteiger partial charge in [-0.25, -0.2) is 0 Å². The molecule has 2 fully saturated rings. The fourth-order valence-corrected chi connectivity index (χ4v) is 5.83. The molecule has 4 atom stereocenters. The van der Waals surface area contributed by atoms with Crippen molar-refractivity contribution in [3.8, 4) is 0 Å². The highest BCUT2D eigenvalue weighted by molar-refractivity contribution is 5.96. The lowest BCUT2D eigenvalue weighted by molar-refractivity contribution is -0.207. The number of hydroxylamine groups is 2. The number of aliphatic hydroxyl groups is 1. The summed E-state index contributed by atoms with van der Waals surface area (Å²) in [5.41, 5.74) is 0.960. The van der Waals surface area contributed by atoms with Gasteiger partial charge in [0.25, 0.3) is 5.91 Å². The van der Waals surface area contributed by atoms with Crippen molar-refractivity contribution in [3.63, 3.8) is 0 Å². The van der Waals surface area contributed by atoms with Gasteiger partial charge in [-0.1, -0.05) is 49.0 Å². The Labute approximate surface area is 189 Å². The zero-order chi connectivity index (χ0) is 22.3. The summed E-state index contributed by atoms with van der Waals surface area (Å²) in [6.45, 7) is 6.76. The molecule has 1 amide bonds. The van der Waals surface area contributed by atoms with Gasteiger partial charge in [0, 0.05) is 36.3 Å². The number of piperidine rings is 2. The molecule has 3 aliphatic rings. The number of amides is 1. The minimum atomic E-state index is -2.02. The number of nitrogens with one attached hydrogen (secondary N) is 1. The zero-order valence-electron chi connectivity index (χ0n) is 18.3. The first-order chi connectivity index (χ1) is 15.5. The van der Waals surface area contributed by atoms with E-state index in [2.05, 4.69) is 22.9 Å². The molecule has 2 aromatic carbocycles. The summed E-state index contributed by atoms with van der Waals surface area (Å²) in [5, 5.41) is 26.3. The van der Waals surface area contributed by atoms with Crippen LogP contribution in [0.15, 0.2) is 61.2 Å². The Morgan fingerprint density at radius 3 is 2.81 bits per heavy atom. The number of hydrogen-bond acceptors (Lipinski definition) is 5. The van der Waals surface area contributed by atoms with Crippen molar-refractivity contribution < 1.29 is 15.1 Å². The van der Waals surface area contributed by atoms with E-state index in [-0.39, 0.29) is 6.04 Å². The standard InChI is InChI=1S/C26H31N3O3/c1-2-26(31,20-10-4-3-5-11-20)29(32)25(30)21-12-6-8-18-13-15-28-17-19-9-7-14-27-22(19)16-23(28)24(18)21/h2-6,8,10-12,19,22-23,27,31-32H,1,7,9,13-17H2/t19-,22+,23-,26+/m1/s1. The maximum absolute atomic E-state index is 13.6. The fraction of sp³-hybridized carbons (Fsp3) is 0.423. The number of carbonyl (C=O) groups excluding carboxylic acids is 1. The number of rotatable bonds is 4. The summed E-state index contributed by atoms with van der Waals surface area (Å²) in [5.74, 6) is 0.0383. The number of hydrogen-bond donors (Lipinski definition) is 3. The molecule has 3 aliphatic heterocycles. The maximum Gasteiger partial charge on any atom is 0.280 e. The van der Waals surface area contributed by atoms with Gasteiger partial charge in [-0.2, -0.15) is 5.06 Å². The van der Waals surface area contributed by atoms with E-state index in [1.165, 1.54) is 18.9 Å². The number of fused-ring (bicyclic) bond motifs is 4. The Hall–Kier alpha value is -2.51. The van der Waals surface area contributed by atoms with Gasteiger partial charge < -0.3 is 10.4 Å². The van der Waals surface area contributed by atoms with E-state index in [4.69, 9.17) is 0 Å². The van der Waals surface area contributed by atoms with Crippen molar-refractivity contribution in [2.45, 2.75) is 43.5 Å². The Kier molecular flexibility index (Phi) is 5.63. The van der Waals surface area contributed by atoms with Crippen molar-refractivity contribution in [2.24, 2.45) is 5.92 Å². The maximum atomic E-state index is 13.6. The van der Waals surface area contributed by atoms with Gasteiger partial charge in [0.1, 0.15) is 0 Å². The van der Waals surface area contributed by atoms with Crippen LogP contribution in [0.2, 0.25) is 0 Å². The molecular weight excluding hydrogens is 402 g/mol. The summed E-state index contributed by atoms with van der Waals surface area (Å²) < 4.78 is 0. The average molecular weight is 434 g/mol. The van der Waals surface area contributed by atoms with Gasteiger partial charge >= 0.3 is 0 Å². The topological polar surface area (TPSA) is 76.0 Å². The van der Waals surface area contributed by atoms with Gasteiger partial charge in [-0.3, -0.25) is 14.9 Å². The predicted molar refractivity (Wildman–Crippen MR) is 122 cm³/mol. The molecule has 0 bridgehead atoms. The monoisotopic (exact) mass is 433 g/mol. The Bertz CT molecular complexity index is 1010. The molecule has 0 saturated carbocycles. The Balaban J connectivity index is 1.50. The summed E-state index contributed by atoms with van der Waals surface area (Å²) >= 11 is 0. The van der Waals surface area contributed by atoms with Crippen molar-refractivity contribution in [3.05, 3.63) is 83.4 Å². The molecule has 32 heavy (non-hydrogen) atoms. The second-order valence-corrected chi connectivity index (χ2v) is 9.25. The first-order valence-electron chi connectivity index (χ1n) is 11.6. The molecular formula is C26H31N3O3. The summed E-state index contributed by atoms with van der Waals surface area (Å²) in [4.78, 5) is 16.1. The van der Waals surface area contributed by atoms with Gasteiger partial charge in [-0.15, -0.1) is 0 Å². The second kappa shape index (κ2) is 8.45. The predicted octanol–water partition coefficient (Wildman–Crippen LogP) is 3.22. The highest BCUT2D eigenvalue weighted by Gasteiger charge is 2.43. The van der Waals surface area contributed by atoms with Crippen molar-refractivity contribution in [1.82, 2.24) is 15.3 Å². The molecule has 0 aliphatic carbocycles. The normalized spacial score (nSPS) is 26.8. The molecule has 2 saturated heterocycles. The van der Waals surface area contributed by atoms with Gasteiger partial charge in [0.2, 0.25) is 5.72 Å². The van der Waals surface area contributed by atoms with Gasteiger partial charge in [-0.05, 0) is 61.4 Å².